The van der Waals surface area contributed by atoms with E-state index in [1.807, 2.05) is 0 Å². The maximum absolute atomic E-state index is 12.2. The van der Waals surface area contributed by atoms with Crippen LogP contribution in [-0.4, -0.2) is 50.6 Å². The zero-order valence-corrected chi connectivity index (χ0v) is 11.2. The van der Waals surface area contributed by atoms with Gasteiger partial charge in [-0.25, -0.2) is 0 Å². The molecule has 1 aromatic carbocycles. The Morgan fingerprint density at radius 2 is 1.95 bits per heavy atom. The van der Waals surface area contributed by atoms with E-state index in [4.69, 9.17) is 9.47 Å². The number of methoxy groups -OCH3 is 1. The molecule has 0 atom stereocenters. The van der Waals surface area contributed by atoms with Crippen molar-refractivity contribution in [2.24, 2.45) is 0 Å². The predicted octanol–water partition coefficient (Wildman–Crippen LogP) is 1.77. The van der Waals surface area contributed by atoms with Crippen molar-refractivity contribution < 1.29 is 14.3 Å². The molecule has 1 aliphatic rings. The van der Waals surface area contributed by atoms with Crippen molar-refractivity contribution in [1.82, 2.24) is 4.90 Å². The third-order valence-electron chi connectivity index (χ3n) is 3.19. The Kier molecular flexibility index (Phi) is 4.71. The molecular formula is C15H19NO3. The van der Waals surface area contributed by atoms with Crippen LogP contribution < -0.4 is 4.74 Å². The maximum Gasteiger partial charge on any atom is 0.189 e. The van der Waals surface area contributed by atoms with Crippen LogP contribution in [0.4, 0.5) is 0 Å². The number of nitrogens with zero attached hydrogens (tertiary/aromatic N) is 1. The second-order valence-electron chi connectivity index (χ2n) is 4.55. The van der Waals surface area contributed by atoms with Crippen molar-refractivity contribution in [1.29, 1.82) is 0 Å². The molecule has 2 rings (SSSR count). The van der Waals surface area contributed by atoms with Crippen molar-refractivity contribution in [3.8, 4) is 5.75 Å². The third-order valence-corrected chi connectivity index (χ3v) is 3.19. The first-order chi connectivity index (χ1) is 9.20. The van der Waals surface area contributed by atoms with E-state index in [1.165, 1.54) is 0 Å². The molecule has 0 bridgehead atoms. The Bertz CT molecular complexity index is 447. The van der Waals surface area contributed by atoms with Gasteiger partial charge in [0.05, 0.1) is 20.3 Å². The Labute approximate surface area is 113 Å². The highest BCUT2D eigenvalue weighted by molar-refractivity contribution is 6.08. The highest BCUT2D eigenvalue weighted by Gasteiger charge is 2.16. The Balaban J connectivity index is 1.95. The number of hydrogen-bond acceptors (Lipinski definition) is 4. The van der Waals surface area contributed by atoms with Crippen LogP contribution in [0.3, 0.4) is 0 Å². The zero-order chi connectivity index (χ0) is 13.7. The Morgan fingerprint density at radius 1 is 1.32 bits per heavy atom. The molecule has 1 heterocycles. The van der Waals surface area contributed by atoms with Gasteiger partial charge >= 0.3 is 0 Å². The molecule has 0 radical (unpaired) electrons. The number of benzene rings is 1. The van der Waals surface area contributed by atoms with Crippen molar-refractivity contribution in [3.63, 3.8) is 0 Å². The van der Waals surface area contributed by atoms with Crippen LogP contribution in [0.2, 0.25) is 0 Å². The monoisotopic (exact) mass is 261 g/mol. The molecule has 1 fully saturated rings. The largest absolute Gasteiger partial charge is 0.497 e. The first-order valence-electron chi connectivity index (χ1n) is 6.37. The van der Waals surface area contributed by atoms with Crippen molar-refractivity contribution in [3.05, 3.63) is 42.0 Å². The molecule has 19 heavy (non-hydrogen) atoms. The van der Waals surface area contributed by atoms with Crippen LogP contribution >= 0.6 is 0 Å². The van der Waals surface area contributed by atoms with E-state index < -0.39 is 0 Å². The topological polar surface area (TPSA) is 38.8 Å². The van der Waals surface area contributed by atoms with Crippen LogP contribution in [0.25, 0.3) is 0 Å². The summed E-state index contributed by atoms with van der Waals surface area (Å²) < 4.78 is 10.4. The lowest BCUT2D eigenvalue weighted by Crippen LogP contribution is -2.38. The van der Waals surface area contributed by atoms with Crippen molar-refractivity contribution in [2.75, 3.05) is 40.0 Å². The van der Waals surface area contributed by atoms with E-state index in [0.717, 1.165) is 32.1 Å². The summed E-state index contributed by atoms with van der Waals surface area (Å²) in [6.07, 6.45) is 0. The normalized spacial score (nSPS) is 16.1. The summed E-state index contributed by atoms with van der Waals surface area (Å²) in [6.45, 7) is 7.67. The molecule has 4 nitrogen and oxygen atoms in total. The highest BCUT2D eigenvalue weighted by atomic mass is 16.5. The van der Waals surface area contributed by atoms with Gasteiger partial charge in [0.1, 0.15) is 5.75 Å². The molecule has 0 unspecified atom stereocenters. The number of rotatable bonds is 5. The number of Topliss-reactive ketones (excluding diaryl/α,β-unsaturated/α-hetero) is 1. The van der Waals surface area contributed by atoms with Gasteiger partial charge in [-0.1, -0.05) is 6.58 Å². The van der Waals surface area contributed by atoms with Gasteiger partial charge in [-0.15, -0.1) is 0 Å². The van der Waals surface area contributed by atoms with E-state index in [1.54, 1.807) is 31.4 Å². The van der Waals surface area contributed by atoms with Gasteiger partial charge in [0.15, 0.2) is 5.78 Å². The van der Waals surface area contributed by atoms with Gasteiger partial charge in [0.2, 0.25) is 0 Å². The van der Waals surface area contributed by atoms with Gasteiger partial charge in [-0.3, -0.25) is 9.69 Å². The molecule has 1 saturated heterocycles. The molecule has 0 N–H and O–H groups in total. The average molecular weight is 261 g/mol. The maximum atomic E-state index is 12.2. The molecular weight excluding hydrogens is 242 g/mol. The van der Waals surface area contributed by atoms with Gasteiger partial charge in [-0.05, 0) is 24.3 Å². The minimum atomic E-state index is -0.00542. The van der Waals surface area contributed by atoms with Crippen LogP contribution in [0.5, 0.6) is 5.75 Å². The second-order valence-corrected chi connectivity index (χ2v) is 4.55. The molecule has 0 aromatic heterocycles. The standard InChI is InChI=1S/C15H19NO3/c1-12(11-16-7-9-19-10-8-16)15(17)13-3-5-14(18-2)6-4-13/h3-6H,1,7-11H2,2H3. The van der Waals surface area contributed by atoms with E-state index in [0.29, 0.717) is 17.7 Å². The lowest BCUT2D eigenvalue weighted by molar-refractivity contribution is 0.0418. The van der Waals surface area contributed by atoms with E-state index >= 15 is 0 Å². The average Bonchev–Trinajstić information content (AvgIpc) is 2.47. The molecule has 102 valence electrons. The number of ketones is 1. The van der Waals surface area contributed by atoms with Gasteiger partial charge < -0.3 is 9.47 Å². The van der Waals surface area contributed by atoms with E-state index in [2.05, 4.69) is 11.5 Å². The molecule has 0 spiro atoms. The predicted molar refractivity (Wildman–Crippen MR) is 73.7 cm³/mol. The molecule has 4 heteroatoms. The number of carbonyl (C=O) groups excluding carboxylic acids is 1. The first-order valence-corrected chi connectivity index (χ1v) is 6.37. The van der Waals surface area contributed by atoms with E-state index in [9.17, 15) is 4.79 Å². The van der Waals surface area contributed by atoms with Crippen LogP contribution in [0.15, 0.2) is 36.4 Å². The fourth-order valence-electron chi connectivity index (χ4n) is 2.05. The van der Waals surface area contributed by atoms with Gasteiger partial charge in [-0.2, -0.15) is 0 Å². The summed E-state index contributed by atoms with van der Waals surface area (Å²) >= 11 is 0. The van der Waals surface area contributed by atoms with Crippen LogP contribution in [0, 0.1) is 0 Å². The minimum Gasteiger partial charge on any atom is -0.497 e. The zero-order valence-electron chi connectivity index (χ0n) is 11.2. The van der Waals surface area contributed by atoms with Crippen LogP contribution in [0.1, 0.15) is 10.4 Å². The third kappa shape index (κ3) is 3.66. The molecule has 0 aliphatic carbocycles. The second kappa shape index (κ2) is 6.50. The smallest absolute Gasteiger partial charge is 0.189 e. The Morgan fingerprint density at radius 3 is 2.53 bits per heavy atom. The van der Waals surface area contributed by atoms with Gasteiger partial charge in [0.25, 0.3) is 0 Å². The minimum absolute atomic E-state index is 0.00542. The first kappa shape index (κ1) is 13.8. The fraction of sp³-hybridized carbons (Fsp3) is 0.400. The summed E-state index contributed by atoms with van der Waals surface area (Å²) in [5, 5.41) is 0. The molecule has 1 aliphatic heterocycles. The quantitative estimate of drug-likeness (QED) is 0.598. The Hall–Kier alpha value is -1.65. The summed E-state index contributed by atoms with van der Waals surface area (Å²) in [5.41, 5.74) is 1.27. The van der Waals surface area contributed by atoms with E-state index in [-0.39, 0.29) is 5.78 Å². The molecule has 0 amide bonds. The summed E-state index contributed by atoms with van der Waals surface area (Å²) in [7, 11) is 1.61. The highest BCUT2D eigenvalue weighted by Crippen LogP contribution is 2.14. The molecule has 0 saturated carbocycles. The number of hydrogen-bond donors (Lipinski definition) is 0. The van der Waals surface area contributed by atoms with Crippen molar-refractivity contribution in [2.45, 2.75) is 0 Å². The summed E-state index contributed by atoms with van der Waals surface area (Å²) in [6, 6.07) is 7.11. The lowest BCUT2D eigenvalue weighted by Gasteiger charge is -2.26. The van der Waals surface area contributed by atoms with Crippen LogP contribution in [-0.2, 0) is 4.74 Å². The number of morpholine rings is 1. The summed E-state index contributed by atoms with van der Waals surface area (Å²) in [5.74, 6) is 0.740. The lowest BCUT2D eigenvalue weighted by atomic mass is 10.0. The van der Waals surface area contributed by atoms with Crippen molar-refractivity contribution >= 4 is 5.78 Å². The molecule has 1 aromatic rings. The van der Waals surface area contributed by atoms with Gasteiger partial charge in [0, 0.05) is 30.8 Å². The fourth-order valence-corrected chi connectivity index (χ4v) is 2.05. The summed E-state index contributed by atoms with van der Waals surface area (Å²) in [4.78, 5) is 14.4. The number of carbonyl (C=O) groups is 1. The SMILES string of the molecule is C=C(CN1CCOCC1)C(=O)c1ccc(OC)cc1. The number of ether oxygens (including phenoxy) is 2.